The molecule has 3 heterocycles. The topological polar surface area (TPSA) is 70.1 Å². The molecule has 0 saturated carbocycles. The number of aromatic nitrogens is 3. The summed E-state index contributed by atoms with van der Waals surface area (Å²) in [6, 6.07) is 12.3. The molecular weight excluding hydrogens is 387 g/mol. The second-order valence-electron chi connectivity index (χ2n) is 5.94. The Labute approximate surface area is 170 Å². The highest BCUT2D eigenvalue weighted by atomic mass is 35.5. The van der Waals surface area contributed by atoms with Crippen molar-refractivity contribution < 1.29 is 9.89 Å². The monoisotopic (exact) mass is 412 g/mol. The molecule has 0 atom stereocenters. The predicted molar refractivity (Wildman–Crippen MR) is 114 cm³/mol. The van der Waals surface area contributed by atoms with E-state index in [0.29, 0.717) is 0 Å². The molecule has 0 unspecified atom stereocenters. The van der Waals surface area contributed by atoms with Crippen LogP contribution in [0.5, 0.6) is 0 Å². The second kappa shape index (κ2) is 9.80. The molecule has 0 fully saturated rings. The van der Waals surface area contributed by atoms with Crippen molar-refractivity contribution in [2.75, 3.05) is 19.6 Å². The Bertz CT molecular complexity index is 959. The molecule has 1 aromatic carbocycles. The van der Waals surface area contributed by atoms with Gasteiger partial charge < -0.3 is 19.4 Å². The van der Waals surface area contributed by atoms with Crippen LogP contribution in [0.1, 0.15) is 13.8 Å². The van der Waals surface area contributed by atoms with Gasteiger partial charge in [0.1, 0.15) is 5.69 Å². The number of halogens is 2. The first-order chi connectivity index (χ1) is 11.8. The summed E-state index contributed by atoms with van der Waals surface area (Å²) in [5, 5.41) is 0. The third-order valence-corrected chi connectivity index (χ3v) is 4.67. The molecular formula is C19H26Cl2N4O2. The predicted octanol–water partition coefficient (Wildman–Crippen LogP) is 3.91. The Balaban J connectivity index is 0.00000121. The van der Waals surface area contributed by atoms with Gasteiger partial charge in [-0.1, -0.05) is 26.0 Å². The lowest BCUT2D eigenvalue weighted by Gasteiger charge is -2.18. The molecule has 0 radical (unpaired) electrons. The Morgan fingerprint density at radius 2 is 1.70 bits per heavy atom. The smallest absolute Gasteiger partial charge is 0.215 e. The van der Waals surface area contributed by atoms with E-state index in [1.807, 2.05) is 12.1 Å². The number of likely N-dealkylation sites (N-methyl/N-ethyl adjacent to an activating group) is 1. The van der Waals surface area contributed by atoms with Crippen LogP contribution in [0.15, 0.2) is 53.3 Å². The molecule has 0 bridgehead atoms. The molecule has 0 aliphatic rings. The van der Waals surface area contributed by atoms with Crippen LogP contribution >= 0.6 is 24.8 Å². The number of benzene rings is 1. The van der Waals surface area contributed by atoms with Crippen molar-refractivity contribution in [3.8, 4) is 11.5 Å². The zero-order chi connectivity index (χ0) is 16.5. The van der Waals surface area contributed by atoms with E-state index in [1.165, 1.54) is 11.0 Å². The normalized spacial score (nSPS) is 10.6. The number of furan rings is 1. The molecule has 0 aliphatic heterocycles. The first kappa shape index (κ1) is 23.0. The summed E-state index contributed by atoms with van der Waals surface area (Å²) in [4.78, 5) is 7.27. The summed E-state index contributed by atoms with van der Waals surface area (Å²) in [6.07, 6.45) is 3.75. The van der Waals surface area contributed by atoms with Crippen LogP contribution in [-0.4, -0.2) is 44.0 Å². The van der Waals surface area contributed by atoms with Crippen LogP contribution in [0.3, 0.4) is 0 Å². The van der Waals surface area contributed by atoms with Gasteiger partial charge in [-0.3, -0.25) is 4.40 Å². The van der Waals surface area contributed by atoms with Crippen LogP contribution in [0.2, 0.25) is 0 Å². The Hall–Kier alpha value is -1.99. The maximum absolute atomic E-state index is 5.51. The third-order valence-electron chi connectivity index (χ3n) is 4.67. The van der Waals surface area contributed by atoms with Gasteiger partial charge in [-0.2, -0.15) is 0 Å². The fourth-order valence-corrected chi connectivity index (χ4v) is 3.29. The molecule has 0 amide bonds. The number of rotatable bonds is 6. The van der Waals surface area contributed by atoms with Gasteiger partial charge in [-0.05, 0) is 37.4 Å². The van der Waals surface area contributed by atoms with E-state index >= 15 is 0 Å². The minimum absolute atomic E-state index is 0. The molecule has 148 valence electrons. The highest BCUT2D eigenvalue weighted by molar-refractivity contribution is 5.85. The summed E-state index contributed by atoms with van der Waals surface area (Å²) >= 11 is 0. The molecule has 4 rings (SSSR count). The van der Waals surface area contributed by atoms with Gasteiger partial charge in [0.25, 0.3) is 0 Å². The molecule has 4 aromatic rings. The average molecular weight is 413 g/mol. The zero-order valence-electron chi connectivity index (χ0n) is 15.5. The van der Waals surface area contributed by atoms with Crippen LogP contribution in [-0.2, 0) is 6.54 Å². The third kappa shape index (κ3) is 4.14. The fraction of sp³-hybridized carbons (Fsp3) is 0.316. The lowest BCUT2D eigenvalue weighted by atomic mass is 10.3. The highest BCUT2D eigenvalue weighted by Crippen LogP contribution is 2.25. The van der Waals surface area contributed by atoms with Crippen LogP contribution in [0.4, 0.5) is 0 Å². The molecule has 6 nitrogen and oxygen atoms in total. The van der Waals surface area contributed by atoms with E-state index in [4.69, 9.17) is 9.40 Å². The number of hydrogen-bond donors (Lipinski definition) is 0. The number of imidazole rings is 2. The van der Waals surface area contributed by atoms with E-state index in [-0.39, 0.29) is 30.3 Å². The maximum Gasteiger partial charge on any atom is 0.215 e. The fourth-order valence-electron chi connectivity index (χ4n) is 3.29. The van der Waals surface area contributed by atoms with E-state index < -0.39 is 0 Å². The molecule has 27 heavy (non-hydrogen) atoms. The lowest BCUT2D eigenvalue weighted by Crippen LogP contribution is -2.27. The van der Waals surface area contributed by atoms with Crippen LogP contribution in [0.25, 0.3) is 28.3 Å². The van der Waals surface area contributed by atoms with Crippen molar-refractivity contribution in [2.45, 2.75) is 20.4 Å². The van der Waals surface area contributed by atoms with Crippen molar-refractivity contribution in [3.05, 3.63) is 48.9 Å². The van der Waals surface area contributed by atoms with E-state index in [9.17, 15) is 0 Å². The SMILES string of the molecule is CCN(CC)CCn1c2ccccc2n2cc(-c3ccco3)nc12.Cl.Cl.O. The second-order valence-corrected chi connectivity index (χ2v) is 5.94. The van der Waals surface area contributed by atoms with Gasteiger partial charge in [0, 0.05) is 19.3 Å². The number of nitrogens with zero attached hydrogens (tertiary/aromatic N) is 4. The molecule has 8 heteroatoms. The Morgan fingerprint density at radius 3 is 2.33 bits per heavy atom. The summed E-state index contributed by atoms with van der Waals surface area (Å²) in [5.41, 5.74) is 3.27. The van der Waals surface area contributed by atoms with Crippen molar-refractivity contribution in [2.24, 2.45) is 0 Å². The van der Waals surface area contributed by atoms with Gasteiger partial charge in [-0.15, -0.1) is 24.8 Å². The number of para-hydroxylation sites is 2. The van der Waals surface area contributed by atoms with Crippen molar-refractivity contribution >= 4 is 41.6 Å². The van der Waals surface area contributed by atoms with Crippen molar-refractivity contribution in [1.82, 2.24) is 18.9 Å². The quantitative estimate of drug-likeness (QED) is 0.481. The van der Waals surface area contributed by atoms with Gasteiger partial charge >= 0.3 is 0 Å². The minimum Gasteiger partial charge on any atom is -0.463 e. The van der Waals surface area contributed by atoms with E-state index in [0.717, 1.165) is 43.4 Å². The molecule has 0 saturated heterocycles. The Morgan fingerprint density at radius 1 is 1.00 bits per heavy atom. The average Bonchev–Trinajstić information content (AvgIpc) is 3.32. The lowest BCUT2D eigenvalue weighted by molar-refractivity contribution is 0.293. The zero-order valence-corrected chi connectivity index (χ0v) is 17.1. The highest BCUT2D eigenvalue weighted by Gasteiger charge is 2.15. The molecule has 3 aromatic heterocycles. The van der Waals surface area contributed by atoms with Crippen LogP contribution < -0.4 is 0 Å². The standard InChI is InChI=1S/C19H22N4O.2ClH.H2O/c1-3-21(4-2)11-12-22-16-8-5-6-9-17(16)23-14-15(20-19(22)23)18-10-7-13-24-18;;;/h5-10,13-14H,3-4,11-12H2,1-2H3;2*1H;1H2. The van der Waals surface area contributed by atoms with Crippen molar-refractivity contribution in [3.63, 3.8) is 0 Å². The van der Waals surface area contributed by atoms with E-state index in [1.54, 1.807) is 6.26 Å². The molecule has 0 spiro atoms. The summed E-state index contributed by atoms with van der Waals surface area (Å²) in [5.74, 6) is 1.77. The van der Waals surface area contributed by atoms with Gasteiger partial charge in [-0.25, -0.2) is 4.98 Å². The largest absolute Gasteiger partial charge is 0.463 e. The summed E-state index contributed by atoms with van der Waals surface area (Å²) in [7, 11) is 0. The first-order valence-corrected chi connectivity index (χ1v) is 8.54. The summed E-state index contributed by atoms with van der Waals surface area (Å²) in [6.45, 7) is 8.49. The Kier molecular flexibility index (Phi) is 8.37. The van der Waals surface area contributed by atoms with Gasteiger partial charge in [0.2, 0.25) is 5.78 Å². The number of hydrogen-bond acceptors (Lipinski definition) is 3. The maximum atomic E-state index is 5.51. The van der Waals surface area contributed by atoms with E-state index in [2.05, 4.69) is 58.2 Å². The summed E-state index contributed by atoms with van der Waals surface area (Å²) < 4.78 is 9.98. The van der Waals surface area contributed by atoms with Gasteiger partial charge in [0.05, 0.1) is 17.3 Å². The van der Waals surface area contributed by atoms with Crippen LogP contribution in [0, 0.1) is 0 Å². The van der Waals surface area contributed by atoms with Gasteiger partial charge in [0.15, 0.2) is 5.76 Å². The molecule has 0 aliphatic carbocycles. The number of fused-ring (bicyclic) bond motifs is 3. The minimum atomic E-state index is 0. The van der Waals surface area contributed by atoms with Crippen molar-refractivity contribution in [1.29, 1.82) is 0 Å². The molecule has 2 N–H and O–H groups in total. The first-order valence-electron chi connectivity index (χ1n) is 8.54.